The van der Waals surface area contributed by atoms with E-state index < -0.39 is 0 Å². The van der Waals surface area contributed by atoms with Crippen molar-refractivity contribution < 1.29 is 9.90 Å². The van der Waals surface area contributed by atoms with E-state index in [1.807, 2.05) is 25.1 Å². The van der Waals surface area contributed by atoms with Gasteiger partial charge in [-0.3, -0.25) is 4.79 Å². The zero-order valence-corrected chi connectivity index (χ0v) is 13.6. The van der Waals surface area contributed by atoms with Crippen LogP contribution in [0.3, 0.4) is 0 Å². The fraction of sp³-hybridized carbons (Fsp3) is 0.357. The minimum absolute atomic E-state index is 0.0242. The van der Waals surface area contributed by atoms with Crippen molar-refractivity contribution in [2.75, 3.05) is 12.3 Å². The molecule has 4 N–H and O–H groups in total. The van der Waals surface area contributed by atoms with Crippen LogP contribution in [-0.2, 0) is 0 Å². The summed E-state index contributed by atoms with van der Waals surface area (Å²) in [6.45, 7) is 2.04. The van der Waals surface area contributed by atoms with Gasteiger partial charge in [0, 0.05) is 27.2 Å². The highest BCUT2D eigenvalue weighted by atomic mass is 79.9. The third-order valence-electron chi connectivity index (χ3n) is 3.20. The number of rotatable bonds is 5. The van der Waals surface area contributed by atoms with Crippen molar-refractivity contribution in [2.24, 2.45) is 0 Å². The average Bonchev–Trinajstić information content (AvgIpc) is 2.74. The van der Waals surface area contributed by atoms with E-state index in [4.69, 9.17) is 10.8 Å². The molecule has 0 saturated carbocycles. The molecule has 0 aliphatic heterocycles. The van der Waals surface area contributed by atoms with E-state index in [0.717, 1.165) is 21.0 Å². The molecule has 20 heavy (non-hydrogen) atoms. The number of amides is 1. The number of hydrogen-bond acceptors (Lipinski definition) is 4. The number of nitrogens with one attached hydrogen (secondary N) is 1. The number of aliphatic hydroxyl groups is 1. The highest BCUT2D eigenvalue weighted by Gasteiger charge is 2.18. The molecular weight excluding hydrogens is 340 g/mol. The van der Waals surface area contributed by atoms with Gasteiger partial charge >= 0.3 is 0 Å². The van der Waals surface area contributed by atoms with E-state index in [0.29, 0.717) is 17.0 Å². The Balaban J connectivity index is 2.28. The minimum atomic E-state index is -0.167. The van der Waals surface area contributed by atoms with Crippen LogP contribution in [0.15, 0.2) is 22.7 Å². The summed E-state index contributed by atoms with van der Waals surface area (Å²) in [4.78, 5) is 12.8. The predicted molar refractivity (Wildman–Crippen MR) is 87.2 cm³/mol. The maximum Gasteiger partial charge on any atom is 0.263 e. The number of fused-ring (bicyclic) bond motifs is 1. The molecule has 1 atom stereocenters. The molecule has 0 fully saturated rings. The van der Waals surface area contributed by atoms with Gasteiger partial charge in [-0.2, -0.15) is 0 Å². The summed E-state index contributed by atoms with van der Waals surface area (Å²) >= 11 is 4.80. The molecule has 2 aromatic rings. The number of benzene rings is 1. The summed E-state index contributed by atoms with van der Waals surface area (Å²) in [5.41, 5.74) is 6.59. The second-order valence-electron chi connectivity index (χ2n) is 4.58. The van der Waals surface area contributed by atoms with Crippen molar-refractivity contribution in [3.8, 4) is 0 Å². The molecule has 6 heteroatoms. The van der Waals surface area contributed by atoms with Crippen LogP contribution >= 0.6 is 27.3 Å². The summed E-state index contributed by atoms with van der Waals surface area (Å²) in [5, 5.41) is 12.8. The molecule has 0 bridgehead atoms. The fourth-order valence-corrected chi connectivity index (χ4v) is 3.62. The molecule has 0 aliphatic rings. The Morgan fingerprint density at radius 1 is 1.55 bits per heavy atom. The fourth-order valence-electron chi connectivity index (χ4n) is 2.04. The molecule has 0 aliphatic carbocycles. The van der Waals surface area contributed by atoms with E-state index in [-0.39, 0.29) is 18.6 Å². The van der Waals surface area contributed by atoms with Gasteiger partial charge in [-0.05, 0) is 25.0 Å². The number of nitrogens with two attached hydrogens (primary N) is 1. The summed E-state index contributed by atoms with van der Waals surface area (Å²) in [7, 11) is 0. The number of hydrogen-bond donors (Lipinski definition) is 3. The maximum atomic E-state index is 12.3. The smallest absolute Gasteiger partial charge is 0.263 e. The van der Waals surface area contributed by atoms with E-state index in [1.165, 1.54) is 11.3 Å². The molecule has 1 unspecified atom stereocenters. The number of anilines is 1. The Bertz CT molecular complexity index is 627. The molecule has 1 aromatic heterocycles. The van der Waals surface area contributed by atoms with Crippen molar-refractivity contribution in [1.29, 1.82) is 0 Å². The Hall–Kier alpha value is -1.11. The lowest BCUT2D eigenvalue weighted by Gasteiger charge is -2.15. The lowest BCUT2D eigenvalue weighted by atomic mass is 10.1. The Kier molecular flexibility index (Phi) is 5.01. The second-order valence-corrected chi connectivity index (χ2v) is 6.54. The summed E-state index contributed by atoms with van der Waals surface area (Å²) in [6, 6.07) is 5.75. The van der Waals surface area contributed by atoms with E-state index >= 15 is 0 Å². The molecule has 1 aromatic carbocycles. The first-order valence-corrected chi connectivity index (χ1v) is 8.07. The van der Waals surface area contributed by atoms with Crippen molar-refractivity contribution in [3.05, 3.63) is 27.5 Å². The zero-order valence-electron chi connectivity index (χ0n) is 11.1. The molecule has 2 rings (SSSR count). The van der Waals surface area contributed by atoms with Crippen LogP contribution < -0.4 is 11.1 Å². The highest BCUT2D eigenvalue weighted by Crippen LogP contribution is 2.35. The summed E-state index contributed by atoms with van der Waals surface area (Å²) in [5.74, 6) is -0.167. The molecule has 1 amide bonds. The van der Waals surface area contributed by atoms with Gasteiger partial charge in [-0.1, -0.05) is 28.9 Å². The monoisotopic (exact) mass is 356 g/mol. The largest absolute Gasteiger partial charge is 0.397 e. The number of thiophene rings is 1. The number of aliphatic hydroxyl groups excluding tert-OH is 1. The Morgan fingerprint density at radius 2 is 2.30 bits per heavy atom. The summed E-state index contributed by atoms with van der Waals surface area (Å²) < 4.78 is 1.95. The Labute approximate surface area is 130 Å². The molecule has 0 saturated heterocycles. The van der Waals surface area contributed by atoms with Gasteiger partial charge in [0.25, 0.3) is 5.91 Å². The minimum Gasteiger partial charge on any atom is -0.397 e. The lowest BCUT2D eigenvalue weighted by Crippen LogP contribution is -2.34. The highest BCUT2D eigenvalue weighted by molar-refractivity contribution is 9.10. The standard InChI is InChI=1S/C14H17BrN2O2S/c1-2-9(5-6-18)17-14(19)13-12(16)10-4-3-8(15)7-11(10)20-13/h3-4,7,9,18H,2,5-6,16H2,1H3,(H,17,19). The molecule has 0 radical (unpaired) electrons. The quantitative estimate of drug-likeness (QED) is 0.770. The first-order chi connectivity index (χ1) is 9.56. The van der Waals surface area contributed by atoms with Crippen LogP contribution in [0.5, 0.6) is 0 Å². The zero-order chi connectivity index (χ0) is 14.7. The first-order valence-electron chi connectivity index (χ1n) is 6.46. The van der Waals surface area contributed by atoms with Crippen LogP contribution in [0.2, 0.25) is 0 Å². The van der Waals surface area contributed by atoms with Gasteiger partial charge in [0.1, 0.15) is 4.88 Å². The third-order valence-corrected chi connectivity index (χ3v) is 4.86. The second kappa shape index (κ2) is 6.56. The van der Waals surface area contributed by atoms with Gasteiger partial charge in [0.05, 0.1) is 5.69 Å². The van der Waals surface area contributed by atoms with E-state index in [9.17, 15) is 4.79 Å². The molecular formula is C14H17BrN2O2S. The SMILES string of the molecule is CCC(CCO)NC(=O)c1sc2cc(Br)ccc2c1N. The number of carbonyl (C=O) groups is 1. The topological polar surface area (TPSA) is 75.3 Å². The number of nitrogen functional groups attached to an aromatic ring is 1. The third kappa shape index (κ3) is 3.13. The van der Waals surface area contributed by atoms with Gasteiger partial charge in [0.2, 0.25) is 0 Å². The van der Waals surface area contributed by atoms with Crippen molar-refractivity contribution >= 4 is 48.9 Å². The van der Waals surface area contributed by atoms with E-state index in [1.54, 1.807) is 0 Å². The van der Waals surface area contributed by atoms with Crippen molar-refractivity contribution in [1.82, 2.24) is 5.32 Å². The molecule has 1 heterocycles. The summed E-state index contributed by atoms with van der Waals surface area (Å²) in [6.07, 6.45) is 1.33. The normalized spacial score (nSPS) is 12.6. The average molecular weight is 357 g/mol. The molecule has 108 valence electrons. The Morgan fingerprint density at radius 3 is 2.95 bits per heavy atom. The van der Waals surface area contributed by atoms with Crippen LogP contribution in [0.4, 0.5) is 5.69 Å². The van der Waals surface area contributed by atoms with Gasteiger partial charge < -0.3 is 16.2 Å². The van der Waals surface area contributed by atoms with Crippen molar-refractivity contribution in [3.63, 3.8) is 0 Å². The molecule has 0 spiro atoms. The van der Waals surface area contributed by atoms with Crippen LogP contribution in [-0.4, -0.2) is 23.7 Å². The predicted octanol–water partition coefficient (Wildman–Crippen LogP) is 3.14. The van der Waals surface area contributed by atoms with Gasteiger partial charge in [-0.15, -0.1) is 11.3 Å². The van der Waals surface area contributed by atoms with Gasteiger partial charge in [0.15, 0.2) is 0 Å². The van der Waals surface area contributed by atoms with Crippen LogP contribution in [0.1, 0.15) is 29.4 Å². The lowest BCUT2D eigenvalue weighted by molar-refractivity contribution is 0.0934. The first kappa shape index (κ1) is 15.3. The molecule has 4 nitrogen and oxygen atoms in total. The van der Waals surface area contributed by atoms with Gasteiger partial charge in [-0.25, -0.2) is 0 Å². The number of carbonyl (C=O) groups excluding carboxylic acids is 1. The van der Waals surface area contributed by atoms with Crippen molar-refractivity contribution in [2.45, 2.75) is 25.8 Å². The number of halogens is 1. The van der Waals surface area contributed by atoms with Crippen LogP contribution in [0, 0.1) is 0 Å². The van der Waals surface area contributed by atoms with Crippen LogP contribution in [0.25, 0.3) is 10.1 Å². The van der Waals surface area contributed by atoms with E-state index in [2.05, 4.69) is 21.2 Å². The maximum absolute atomic E-state index is 12.3.